The van der Waals surface area contributed by atoms with Gasteiger partial charge in [0.05, 0.1) is 6.61 Å². The van der Waals surface area contributed by atoms with Gasteiger partial charge in [-0.3, -0.25) is 0 Å². The second-order valence-electron chi connectivity index (χ2n) is 3.97. The molecule has 2 unspecified atom stereocenters. The maximum Gasteiger partial charge on any atom is 0.217 e. The molecule has 1 aliphatic heterocycles. The SMILES string of the molecule is CCCOC(C1CO1)[Si](C)(C)OC. The van der Waals surface area contributed by atoms with E-state index in [-0.39, 0.29) is 5.73 Å². The van der Waals surface area contributed by atoms with E-state index < -0.39 is 8.32 Å². The summed E-state index contributed by atoms with van der Waals surface area (Å²) in [5.41, 5.74) is 0.206. The summed E-state index contributed by atoms with van der Waals surface area (Å²) in [4.78, 5) is 0. The quantitative estimate of drug-likeness (QED) is 0.486. The van der Waals surface area contributed by atoms with Crippen molar-refractivity contribution in [1.29, 1.82) is 0 Å². The second kappa shape index (κ2) is 4.55. The predicted octanol–water partition coefficient (Wildman–Crippen LogP) is 1.57. The van der Waals surface area contributed by atoms with Crippen LogP contribution < -0.4 is 0 Å². The predicted molar refractivity (Wildman–Crippen MR) is 54.3 cm³/mol. The van der Waals surface area contributed by atoms with Gasteiger partial charge in [0.1, 0.15) is 11.8 Å². The zero-order chi connectivity index (χ0) is 9.90. The molecule has 0 saturated carbocycles. The molecule has 0 aromatic heterocycles. The van der Waals surface area contributed by atoms with Crippen LogP contribution in [0.4, 0.5) is 0 Å². The first-order valence-corrected chi connectivity index (χ1v) is 7.88. The van der Waals surface area contributed by atoms with E-state index in [4.69, 9.17) is 13.9 Å². The van der Waals surface area contributed by atoms with E-state index in [1.54, 1.807) is 7.11 Å². The Morgan fingerprint density at radius 3 is 2.54 bits per heavy atom. The van der Waals surface area contributed by atoms with Crippen molar-refractivity contribution in [3.63, 3.8) is 0 Å². The van der Waals surface area contributed by atoms with Crippen molar-refractivity contribution in [1.82, 2.24) is 0 Å². The normalized spacial score (nSPS) is 24.5. The number of epoxide rings is 1. The summed E-state index contributed by atoms with van der Waals surface area (Å²) in [7, 11) is 0.0830. The molecule has 1 fully saturated rings. The Morgan fingerprint density at radius 1 is 1.54 bits per heavy atom. The summed E-state index contributed by atoms with van der Waals surface area (Å²) >= 11 is 0. The lowest BCUT2D eigenvalue weighted by molar-refractivity contribution is 0.0666. The van der Waals surface area contributed by atoms with Gasteiger partial charge in [0.15, 0.2) is 0 Å². The minimum Gasteiger partial charge on any atom is -0.418 e. The molecule has 1 heterocycles. The molecular weight excluding hydrogens is 184 g/mol. The summed E-state index contributed by atoms with van der Waals surface area (Å²) in [5.74, 6) is 0. The second-order valence-corrected chi connectivity index (χ2v) is 8.15. The first-order chi connectivity index (χ1) is 6.11. The molecule has 2 atom stereocenters. The fourth-order valence-corrected chi connectivity index (χ4v) is 3.19. The van der Waals surface area contributed by atoms with Crippen LogP contribution in [0.5, 0.6) is 0 Å². The number of hydrogen-bond donors (Lipinski definition) is 0. The Bertz CT molecular complexity index is 157. The Morgan fingerprint density at radius 2 is 2.15 bits per heavy atom. The zero-order valence-electron chi connectivity index (χ0n) is 9.00. The van der Waals surface area contributed by atoms with E-state index >= 15 is 0 Å². The van der Waals surface area contributed by atoms with E-state index in [2.05, 4.69) is 20.0 Å². The highest BCUT2D eigenvalue weighted by Crippen LogP contribution is 2.25. The van der Waals surface area contributed by atoms with Crippen LogP contribution in [0.2, 0.25) is 13.1 Å². The Balaban J connectivity index is 2.45. The van der Waals surface area contributed by atoms with Crippen LogP contribution in [0.25, 0.3) is 0 Å². The van der Waals surface area contributed by atoms with Crippen molar-refractivity contribution >= 4 is 8.32 Å². The summed E-state index contributed by atoms with van der Waals surface area (Å²) in [6.07, 6.45) is 1.35. The molecule has 0 aromatic carbocycles. The number of ether oxygens (including phenoxy) is 2. The summed E-state index contributed by atoms with van der Waals surface area (Å²) in [5, 5.41) is 0. The molecular formula is C9H20O3Si. The van der Waals surface area contributed by atoms with Crippen molar-refractivity contribution < 1.29 is 13.9 Å². The molecule has 0 spiro atoms. The van der Waals surface area contributed by atoms with Crippen LogP contribution in [-0.2, 0) is 13.9 Å². The van der Waals surface area contributed by atoms with E-state index in [1.807, 2.05) is 0 Å². The fraction of sp³-hybridized carbons (Fsp3) is 1.00. The molecule has 0 aliphatic carbocycles. The minimum absolute atomic E-state index is 0.206. The van der Waals surface area contributed by atoms with E-state index in [0.29, 0.717) is 6.10 Å². The van der Waals surface area contributed by atoms with E-state index in [0.717, 1.165) is 19.6 Å². The van der Waals surface area contributed by atoms with Gasteiger partial charge >= 0.3 is 0 Å². The van der Waals surface area contributed by atoms with Crippen molar-refractivity contribution in [3.8, 4) is 0 Å². The highest BCUT2D eigenvalue weighted by Gasteiger charge is 2.45. The van der Waals surface area contributed by atoms with E-state index in [1.165, 1.54) is 0 Å². The minimum atomic E-state index is -1.69. The van der Waals surface area contributed by atoms with Gasteiger partial charge in [-0.15, -0.1) is 0 Å². The standard InChI is InChI=1S/C9H20O3Si/c1-5-6-11-9(8-7-12-8)13(3,4)10-2/h8-9H,5-7H2,1-4H3. The Kier molecular flexibility index (Phi) is 3.91. The number of rotatable bonds is 6. The molecule has 78 valence electrons. The van der Waals surface area contributed by atoms with Gasteiger partial charge in [0.25, 0.3) is 0 Å². The maximum absolute atomic E-state index is 5.78. The van der Waals surface area contributed by atoms with Crippen LogP contribution in [-0.4, -0.2) is 40.5 Å². The molecule has 1 rings (SSSR count). The fourth-order valence-electron chi connectivity index (χ4n) is 1.35. The maximum atomic E-state index is 5.78. The van der Waals surface area contributed by atoms with Crippen LogP contribution in [0.1, 0.15) is 13.3 Å². The van der Waals surface area contributed by atoms with Crippen molar-refractivity contribution in [2.45, 2.75) is 38.3 Å². The highest BCUT2D eigenvalue weighted by molar-refractivity contribution is 6.72. The largest absolute Gasteiger partial charge is 0.418 e. The van der Waals surface area contributed by atoms with Crippen LogP contribution in [0.15, 0.2) is 0 Å². The average Bonchev–Trinajstić information content (AvgIpc) is 2.89. The van der Waals surface area contributed by atoms with Gasteiger partial charge in [-0.1, -0.05) is 6.92 Å². The molecule has 1 saturated heterocycles. The first kappa shape index (κ1) is 11.2. The third-order valence-electron chi connectivity index (χ3n) is 2.41. The Hall–Kier alpha value is 0.0969. The van der Waals surface area contributed by atoms with Gasteiger partial charge in [-0.25, -0.2) is 0 Å². The summed E-state index contributed by atoms with van der Waals surface area (Å²) in [6.45, 7) is 8.12. The molecule has 0 bridgehead atoms. The van der Waals surface area contributed by atoms with Crippen molar-refractivity contribution in [2.75, 3.05) is 20.3 Å². The summed E-state index contributed by atoms with van der Waals surface area (Å²) < 4.78 is 16.6. The van der Waals surface area contributed by atoms with Gasteiger partial charge in [-0.05, 0) is 19.5 Å². The lowest BCUT2D eigenvalue weighted by Crippen LogP contribution is -2.49. The molecule has 1 aliphatic rings. The van der Waals surface area contributed by atoms with Crippen LogP contribution in [0, 0.1) is 0 Å². The first-order valence-electron chi connectivity index (χ1n) is 4.90. The van der Waals surface area contributed by atoms with Crippen LogP contribution in [0.3, 0.4) is 0 Å². The average molecular weight is 204 g/mol. The third kappa shape index (κ3) is 3.05. The molecule has 3 nitrogen and oxygen atoms in total. The molecule has 13 heavy (non-hydrogen) atoms. The lowest BCUT2D eigenvalue weighted by Gasteiger charge is -2.29. The van der Waals surface area contributed by atoms with Gasteiger partial charge < -0.3 is 13.9 Å². The third-order valence-corrected chi connectivity index (χ3v) is 5.37. The monoisotopic (exact) mass is 204 g/mol. The van der Waals surface area contributed by atoms with E-state index in [9.17, 15) is 0 Å². The highest BCUT2D eigenvalue weighted by atomic mass is 28.4. The molecule has 0 amide bonds. The number of hydrogen-bond acceptors (Lipinski definition) is 3. The van der Waals surface area contributed by atoms with Crippen molar-refractivity contribution in [2.24, 2.45) is 0 Å². The zero-order valence-corrected chi connectivity index (χ0v) is 10.0. The lowest BCUT2D eigenvalue weighted by atomic mass is 10.5. The van der Waals surface area contributed by atoms with Gasteiger partial charge in [0.2, 0.25) is 8.32 Å². The summed E-state index contributed by atoms with van der Waals surface area (Å²) in [6, 6.07) is 0. The molecule has 0 radical (unpaired) electrons. The molecule has 0 aromatic rings. The van der Waals surface area contributed by atoms with Crippen LogP contribution >= 0.6 is 0 Å². The molecule has 4 heteroatoms. The molecule has 0 N–H and O–H groups in total. The topological polar surface area (TPSA) is 31.0 Å². The van der Waals surface area contributed by atoms with Crippen molar-refractivity contribution in [3.05, 3.63) is 0 Å². The Labute approximate surface area is 81.5 Å². The van der Waals surface area contributed by atoms with Gasteiger partial charge in [-0.2, -0.15) is 0 Å². The smallest absolute Gasteiger partial charge is 0.217 e. The van der Waals surface area contributed by atoms with Gasteiger partial charge in [0, 0.05) is 13.7 Å².